The van der Waals surface area contributed by atoms with E-state index in [9.17, 15) is 4.79 Å². The smallest absolute Gasteiger partial charge is 0.252 e. The van der Waals surface area contributed by atoms with Gasteiger partial charge in [0.2, 0.25) is 0 Å². The Morgan fingerprint density at radius 1 is 1.07 bits per heavy atom. The highest BCUT2D eigenvalue weighted by molar-refractivity contribution is 6.03. The third kappa shape index (κ3) is 2.97. The van der Waals surface area contributed by atoms with Crippen molar-refractivity contribution in [2.45, 2.75) is 6.42 Å². The fourth-order valence-electron chi connectivity index (χ4n) is 3.61. The van der Waals surface area contributed by atoms with E-state index in [-0.39, 0.29) is 11.8 Å². The molecular weight excluding hydrogens is 348 g/mol. The molecule has 1 aromatic heterocycles. The van der Waals surface area contributed by atoms with Gasteiger partial charge in [0.25, 0.3) is 5.91 Å². The summed E-state index contributed by atoms with van der Waals surface area (Å²) in [4.78, 5) is 12.3. The third-order valence-corrected chi connectivity index (χ3v) is 5.10. The molecule has 28 heavy (non-hydrogen) atoms. The van der Waals surface area contributed by atoms with Gasteiger partial charge in [0, 0.05) is 22.8 Å². The van der Waals surface area contributed by atoms with Crippen LogP contribution in [0.1, 0.15) is 12.0 Å². The Bertz CT molecular complexity index is 1120. The zero-order valence-electron chi connectivity index (χ0n) is 15.1. The average molecular weight is 366 g/mol. The molecule has 5 nitrogen and oxygen atoms in total. The average Bonchev–Trinajstić information content (AvgIpc) is 3.35. The first kappa shape index (κ1) is 16.4. The molecule has 2 aliphatic rings. The first-order valence-corrected chi connectivity index (χ1v) is 9.26. The van der Waals surface area contributed by atoms with Crippen LogP contribution in [0.15, 0.2) is 90.3 Å². The van der Waals surface area contributed by atoms with Crippen LogP contribution in [0.2, 0.25) is 0 Å². The first-order valence-electron chi connectivity index (χ1n) is 9.26. The van der Waals surface area contributed by atoms with Crippen molar-refractivity contribution in [3.63, 3.8) is 0 Å². The monoisotopic (exact) mass is 366 g/mol. The van der Waals surface area contributed by atoms with E-state index in [1.807, 2.05) is 79.0 Å². The van der Waals surface area contributed by atoms with Gasteiger partial charge < -0.3 is 5.32 Å². The van der Waals surface area contributed by atoms with Crippen molar-refractivity contribution in [2.24, 2.45) is 5.92 Å². The molecule has 1 N–H and O–H groups in total. The molecule has 1 saturated heterocycles. The van der Waals surface area contributed by atoms with Crippen molar-refractivity contribution in [2.75, 3.05) is 0 Å². The van der Waals surface area contributed by atoms with E-state index < -0.39 is 0 Å². The van der Waals surface area contributed by atoms with E-state index in [0.29, 0.717) is 0 Å². The highest BCUT2D eigenvalue weighted by Gasteiger charge is 2.32. The Kier molecular flexibility index (Phi) is 3.98. The van der Waals surface area contributed by atoms with E-state index in [1.54, 1.807) is 4.68 Å². The van der Waals surface area contributed by atoms with Crippen molar-refractivity contribution in [1.29, 1.82) is 0 Å². The van der Waals surface area contributed by atoms with Crippen LogP contribution in [0.4, 0.5) is 0 Å². The number of carbonyl (C=O) groups is 1. The normalized spacial score (nSPS) is 19.4. The lowest BCUT2D eigenvalue weighted by Gasteiger charge is -2.12. The Labute approximate surface area is 162 Å². The summed E-state index contributed by atoms with van der Waals surface area (Å²) >= 11 is 0. The van der Waals surface area contributed by atoms with Gasteiger partial charge in [-0.05, 0) is 36.3 Å². The van der Waals surface area contributed by atoms with Gasteiger partial charge in [-0.3, -0.25) is 4.79 Å². The number of rotatable bonds is 3. The lowest BCUT2D eigenvalue weighted by Crippen LogP contribution is -2.13. The number of amides is 1. The number of fused-ring (bicyclic) bond motifs is 1. The van der Waals surface area contributed by atoms with Crippen LogP contribution < -0.4 is 5.32 Å². The van der Waals surface area contributed by atoms with E-state index in [1.165, 1.54) is 0 Å². The van der Waals surface area contributed by atoms with E-state index >= 15 is 0 Å². The fraction of sp³-hybridized carbons (Fsp3) is 0.0870. The number of hydrogen-bond donors (Lipinski definition) is 1. The van der Waals surface area contributed by atoms with Gasteiger partial charge in [-0.2, -0.15) is 0 Å². The molecule has 0 radical (unpaired) electrons. The minimum atomic E-state index is -0.00479. The van der Waals surface area contributed by atoms with Crippen LogP contribution in [-0.4, -0.2) is 20.9 Å². The number of benzene rings is 2. The van der Waals surface area contributed by atoms with Gasteiger partial charge in [0.15, 0.2) is 0 Å². The lowest BCUT2D eigenvalue weighted by atomic mass is 9.91. The standard InChI is InChI=1S/C23H18N4O/c28-23-20(19-8-4-5-9-21(19)24-23)14-16-10-12-17(13-11-16)22-15-27(26-25-22)18-6-2-1-3-7-18/h1-7,9-15,19H,8H2,(H,24,28)/b20-14-. The molecule has 2 heterocycles. The van der Waals surface area contributed by atoms with Crippen molar-refractivity contribution >= 4 is 12.0 Å². The number of aromatic nitrogens is 3. The fourth-order valence-corrected chi connectivity index (χ4v) is 3.61. The predicted molar refractivity (Wildman–Crippen MR) is 108 cm³/mol. The minimum Gasteiger partial charge on any atom is -0.325 e. The number of para-hydroxylation sites is 1. The van der Waals surface area contributed by atoms with Crippen molar-refractivity contribution in [1.82, 2.24) is 20.3 Å². The molecule has 1 atom stereocenters. The van der Waals surface area contributed by atoms with Gasteiger partial charge in [-0.15, -0.1) is 5.10 Å². The summed E-state index contributed by atoms with van der Waals surface area (Å²) in [5.74, 6) is 0.137. The highest BCUT2D eigenvalue weighted by Crippen LogP contribution is 2.33. The predicted octanol–water partition coefficient (Wildman–Crippen LogP) is 3.91. The Morgan fingerprint density at radius 2 is 1.89 bits per heavy atom. The van der Waals surface area contributed by atoms with Crippen molar-refractivity contribution in [3.8, 4) is 16.9 Å². The summed E-state index contributed by atoms with van der Waals surface area (Å²) in [7, 11) is 0. The zero-order chi connectivity index (χ0) is 18.9. The van der Waals surface area contributed by atoms with Crippen LogP contribution in [0.25, 0.3) is 23.0 Å². The Morgan fingerprint density at radius 3 is 2.71 bits per heavy atom. The summed E-state index contributed by atoms with van der Waals surface area (Å²) in [5, 5.41) is 11.5. The topological polar surface area (TPSA) is 59.8 Å². The molecule has 1 unspecified atom stereocenters. The molecule has 0 saturated carbocycles. The van der Waals surface area contributed by atoms with Crippen LogP contribution in [0.3, 0.4) is 0 Å². The molecule has 3 aromatic rings. The molecule has 1 amide bonds. The van der Waals surface area contributed by atoms with Gasteiger partial charge in [0.05, 0.1) is 11.9 Å². The van der Waals surface area contributed by atoms with Crippen molar-refractivity contribution in [3.05, 3.63) is 95.9 Å². The maximum atomic E-state index is 12.3. The largest absolute Gasteiger partial charge is 0.325 e. The van der Waals surface area contributed by atoms with Gasteiger partial charge in [-0.1, -0.05) is 59.8 Å². The molecule has 2 aromatic carbocycles. The van der Waals surface area contributed by atoms with Crippen LogP contribution >= 0.6 is 0 Å². The second kappa shape index (κ2) is 6.78. The third-order valence-electron chi connectivity index (χ3n) is 5.10. The number of nitrogens with one attached hydrogen (secondary N) is 1. The van der Waals surface area contributed by atoms with Crippen molar-refractivity contribution < 1.29 is 4.79 Å². The molecule has 0 bridgehead atoms. The van der Waals surface area contributed by atoms with Crippen LogP contribution in [0.5, 0.6) is 0 Å². The minimum absolute atomic E-state index is 0.00479. The Balaban J connectivity index is 1.40. The molecule has 1 aliphatic carbocycles. The van der Waals surface area contributed by atoms with E-state index in [2.05, 4.69) is 21.7 Å². The molecule has 5 heteroatoms. The molecule has 1 fully saturated rings. The maximum Gasteiger partial charge on any atom is 0.252 e. The summed E-state index contributed by atoms with van der Waals surface area (Å²) in [6.45, 7) is 0. The lowest BCUT2D eigenvalue weighted by molar-refractivity contribution is -0.115. The van der Waals surface area contributed by atoms with Crippen LogP contribution in [0, 0.1) is 5.92 Å². The van der Waals surface area contributed by atoms with Gasteiger partial charge in [0.1, 0.15) is 5.69 Å². The summed E-state index contributed by atoms with van der Waals surface area (Å²) in [5.41, 5.74) is 5.58. The summed E-state index contributed by atoms with van der Waals surface area (Å²) in [6, 6.07) is 17.9. The molecule has 1 aliphatic heterocycles. The quantitative estimate of drug-likeness (QED) is 0.715. The zero-order valence-corrected chi connectivity index (χ0v) is 15.1. The summed E-state index contributed by atoms with van der Waals surface area (Å²) < 4.78 is 1.76. The molecule has 136 valence electrons. The van der Waals surface area contributed by atoms with Crippen LogP contribution in [-0.2, 0) is 4.79 Å². The van der Waals surface area contributed by atoms with Gasteiger partial charge in [-0.25, -0.2) is 4.68 Å². The second-order valence-electron chi connectivity index (χ2n) is 6.90. The maximum absolute atomic E-state index is 12.3. The molecule has 0 spiro atoms. The SMILES string of the molecule is O=C1NC2=CC=CCC2/C1=C/c1ccc(-c2cn(-c3ccccc3)nn2)cc1. The number of carbonyl (C=O) groups excluding carboxylic acids is 1. The van der Waals surface area contributed by atoms with Gasteiger partial charge >= 0.3 is 0 Å². The summed E-state index contributed by atoms with van der Waals surface area (Å²) in [6.07, 6.45) is 10.8. The van der Waals surface area contributed by atoms with E-state index in [4.69, 9.17) is 0 Å². The first-order chi connectivity index (χ1) is 13.8. The number of allylic oxidation sites excluding steroid dienone is 4. The highest BCUT2D eigenvalue weighted by atomic mass is 16.2. The Hall–Kier alpha value is -3.73. The molecule has 5 rings (SSSR count). The number of hydrogen-bond acceptors (Lipinski definition) is 3. The molecular formula is C23H18N4O. The van der Waals surface area contributed by atoms with E-state index in [0.717, 1.165) is 40.2 Å². The number of nitrogens with zero attached hydrogens (tertiary/aromatic N) is 3. The second-order valence-corrected chi connectivity index (χ2v) is 6.90.